The normalized spacial score (nSPS) is 24.0. The van der Waals surface area contributed by atoms with Crippen molar-refractivity contribution in [2.45, 2.75) is 42.3 Å². The van der Waals surface area contributed by atoms with Gasteiger partial charge in [0.05, 0.1) is 12.5 Å². The number of carbonyl (C=O) groups excluding carboxylic acids is 1. The van der Waals surface area contributed by atoms with Gasteiger partial charge in [0, 0.05) is 24.0 Å². The molecule has 5 rings (SSSR count). The van der Waals surface area contributed by atoms with Crippen LogP contribution >= 0.6 is 11.8 Å². The Balaban J connectivity index is 1.40. The van der Waals surface area contributed by atoms with Crippen molar-refractivity contribution in [1.82, 2.24) is 10.2 Å². The van der Waals surface area contributed by atoms with Gasteiger partial charge in [-0.05, 0) is 44.0 Å². The summed E-state index contributed by atoms with van der Waals surface area (Å²) in [6.45, 7) is 4.62. The Labute approximate surface area is 146 Å². The Bertz CT molecular complexity index is 725. The van der Waals surface area contributed by atoms with Crippen LogP contribution in [0.3, 0.4) is 0 Å². The second-order valence-electron chi connectivity index (χ2n) is 6.81. The van der Waals surface area contributed by atoms with Gasteiger partial charge in [0.15, 0.2) is 5.09 Å². The predicted molar refractivity (Wildman–Crippen MR) is 93.9 cm³/mol. The summed E-state index contributed by atoms with van der Waals surface area (Å²) in [5.74, 6) is 1.34. The molecule has 3 saturated heterocycles. The molecule has 3 fully saturated rings. The Morgan fingerprint density at radius 2 is 2.00 bits per heavy atom. The molecule has 1 aromatic carbocycles. The van der Waals surface area contributed by atoms with Gasteiger partial charge in [-0.15, -0.1) is 0 Å². The van der Waals surface area contributed by atoms with Crippen LogP contribution in [0, 0.1) is 12.8 Å². The highest BCUT2D eigenvalue weighted by molar-refractivity contribution is 7.99. The molecular formula is C19H22N2O2S. The number of nitrogens with zero attached hydrogens (tertiary/aromatic N) is 1. The monoisotopic (exact) mass is 342 g/mol. The van der Waals surface area contributed by atoms with Crippen molar-refractivity contribution in [3.63, 3.8) is 0 Å². The minimum Gasteiger partial charge on any atom is -0.453 e. The van der Waals surface area contributed by atoms with Crippen LogP contribution in [-0.4, -0.2) is 29.9 Å². The summed E-state index contributed by atoms with van der Waals surface area (Å²) in [7, 11) is 0. The summed E-state index contributed by atoms with van der Waals surface area (Å²) < 4.78 is 6.00. The Hall–Kier alpha value is -1.72. The number of piperidine rings is 1. The van der Waals surface area contributed by atoms with E-state index >= 15 is 0 Å². The summed E-state index contributed by atoms with van der Waals surface area (Å²) in [6.07, 6.45) is 2.11. The number of furan rings is 1. The minimum atomic E-state index is 0.139. The number of hydrogen-bond donors (Lipinski definition) is 1. The molecule has 1 aromatic heterocycles. The van der Waals surface area contributed by atoms with Gasteiger partial charge in [0.2, 0.25) is 5.91 Å². The van der Waals surface area contributed by atoms with Crippen LogP contribution in [-0.2, 0) is 11.3 Å². The lowest BCUT2D eigenvalue weighted by Gasteiger charge is -2.22. The smallest absolute Gasteiger partial charge is 0.224 e. The fourth-order valence-electron chi connectivity index (χ4n) is 3.50. The molecule has 2 aromatic rings. The first-order valence-corrected chi connectivity index (χ1v) is 9.33. The van der Waals surface area contributed by atoms with Gasteiger partial charge in [0.25, 0.3) is 0 Å². The van der Waals surface area contributed by atoms with Crippen LogP contribution in [0.25, 0.3) is 0 Å². The average molecular weight is 342 g/mol. The zero-order valence-electron chi connectivity index (χ0n) is 13.8. The van der Waals surface area contributed by atoms with Crippen LogP contribution < -0.4 is 5.32 Å². The van der Waals surface area contributed by atoms with Crippen molar-refractivity contribution in [2.75, 3.05) is 13.1 Å². The first kappa shape index (κ1) is 15.8. The molecule has 0 radical (unpaired) electrons. The number of fused-ring (bicyclic) bond motifs is 4. The van der Waals surface area contributed by atoms with Crippen molar-refractivity contribution < 1.29 is 9.21 Å². The molecule has 0 spiro atoms. The third-order valence-corrected chi connectivity index (χ3v) is 5.72. The van der Waals surface area contributed by atoms with Crippen LogP contribution in [0.4, 0.5) is 0 Å². The summed E-state index contributed by atoms with van der Waals surface area (Å²) in [6, 6.07) is 12.9. The van der Waals surface area contributed by atoms with Crippen molar-refractivity contribution in [2.24, 2.45) is 5.92 Å². The van der Waals surface area contributed by atoms with Gasteiger partial charge in [-0.3, -0.25) is 9.69 Å². The Morgan fingerprint density at radius 3 is 2.79 bits per heavy atom. The van der Waals surface area contributed by atoms with Crippen LogP contribution in [0.2, 0.25) is 0 Å². The third-order valence-electron chi connectivity index (χ3n) is 4.79. The fourth-order valence-corrected chi connectivity index (χ4v) is 4.29. The second-order valence-corrected chi connectivity index (χ2v) is 7.89. The maximum Gasteiger partial charge on any atom is 0.224 e. The lowest BCUT2D eigenvalue weighted by molar-refractivity contribution is -0.126. The molecule has 1 N–H and O–H groups in total. The SMILES string of the molecule is Cc1ccc(Sc2ccc(CN3C[C@@H]4CC[C@H](C3)C(=O)N4)o2)cc1. The highest BCUT2D eigenvalue weighted by Gasteiger charge is 2.34. The van der Waals surface area contributed by atoms with Gasteiger partial charge in [-0.1, -0.05) is 29.5 Å². The number of benzene rings is 1. The van der Waals surface area contributed by atoms with Crippen molar-refractivity contribution in [3.8, 4) is 0 Å². The lowest BCUT2D eigenvalue weighted by Crippen LogP contribution is -2.43. The van der Waals surface area contributed by atoms with Gasteiger partial charge < -0.3 is 9.73 Å². The van der Waals surface area contributed by atoms with Crippen molar-refractivity contribution in [3.05, 3.63) is 47.7 Å². The van der Waals surface area contributed by atoms with Crippen LogP contribution in [0.1, 0.15) is 24.2 Å². The third kappa shape index (κ3) is 3.52. The van der Waals surface area contributed by atoms with E-state index in [-0.39, 0.29) is 11.8 Å². The highest BCUT2D eigenvalue weighted by atomic mass is 32.2. The van der Waals surface area contributed by atoms with E-state index in [9.17, 15) is 4.79 Å². The van der Waals surface area contributed by atoms with Crippen LogP contribution in [0.5, 0.6) is 0 Å². The molecular weight excluding hydrogens is 320 g/mol. The topological polar surface area (TPSA) is 45.5 Å². The van der Waals surface area contributed by atoms with E-state index in [4.69, 9.17) is 4.42 Å². The molecule has 0 unspecified atom stereocenters. The van der Waals surface area contributed by atoms with Gasteiger partial charge >= 0.3 is 0 Å². The molecule has 24 heavy (non-hydrogen) atoms. The number of hydrogen-bond acceptors (Lipinski definition) is 4. The van der Waals surface area contributed by atoms with Gasteiger partial charge in [-0.2, -0.15) is 0 Å². The molecule has 126 valence electrons. The van der Waals surface area contributed by atoms with E-state index < -0.39 is 0 Å². The van der Waals surface area contributed by atoms with Crippen molar-refractivity contribution in [1.29, 1.82) is 0 Å². The molecule has 0 saturated carbocycles. The quantitative estimate of drug-likeness (QED) is 0.924. The minimum absolute atomic E-state index is 0.139. The second kappa shape index (κ2) is 6.65. The lowest BCUT2D eigenvalue weighted by atomic mass is 9.96. The first-order valence-electron chi connectivity index (χ1n) is 8.52. The van der Waals surface area contributed by atoms with E-state index in [1.54, 1.807) is 11.8 Å². The molecule has 3 aliphatic heterocycles. The number of rotatable bonds is 4. The molecule has 0 aliphatic carbocycles. The zero-order chi connectivity index (χ0) is 16.5. The zero-order valence-corrected chi connectivity index (χ0v) is 14.6. The molecule has 4 nitrogen and oxygen atoms in total. The highest BCUT2D eigenvalue weighted by Crippen LogP contribution is 2.30. The van der Waals surface area contributed by atoms with E-state index in [0.29, 0.717) is 6.04 Å². The Kier molecular flexibility index (Phi) is 4.37. The largest absolute Gasteiger partial charge is 0.453 e. The number of amides is 1. The molecule has 5 heteroatoms. The summed E-state index contributed by atoms with van der Waals surface area (Å²) in [4.78, 5) is 15.5. The predicted octanol–water partition coefficient (Wildman–Crippen LogP) is 3.45. The van der Waals surface area contributed by atoms with Crippen LogP contribution in [0.15, 0.2) is 50.8 Å². The molecule has 2 atom stereocenters. The fraction of sp³-hybridized carbons (Fsp3) is 0.421. The Morgan fingerprint density at radius 1 is 1.17 bits per heavy atom. The van der Waals surface area contributed by atoms with E-state index in [1.165, 1.54) is 10.5 Å². The molecule has 1 amide bonds. The molecule has 3 aliphatic rings. The van der Waals surface area contributed by atoms with E-state index in [1.807, 2.05) is 6.07 Å². The number of aryl methyl sites for hydroxylation is 1. The number of carbonyl (C=O) groups is 1. The first-order chi connectivity index (χ1) is 11.7. The van der Waals surface area contributed by atoms with E-state index in [2.05, 4.69) is 47.5 Å². The van der Waals surface area contributed by atoms with Gasteiger partial charge in [0.1, 0.15) is 5.76 Å². The van der Waals surface area contributed by atoms with Gasteiger partial charge in [-0.25, -0.2) is 0 Å². The summed E-state index contributed by atoms with van der Waals surface area (Å²) in [5, 5.41) is 4.04. The van der Waals surface area contributed by atoms with Crippen molar-refractivity contribution >= 4 is 17.7 Å². The average Bonchev–Trinajstić information content (AvgIpc) is 2.81. The standard InChI is InChI=1S/C19H22N2O2S/c1-13-2-7-17(8-3-13)24-18-9-6-16(23-18)12-21-10-14-4-5-15(11-21)20-19(14)22/h2-3,6-9,14-15H,4-5,10-12H2,1H3,(H,20,22)/t14-,15+/m1/s1. The maximum atomic E-state index is 11.9. The van der Waals surface area contributed by atoms with E-state index in [0.717, 1.165) is 43.3 Å². The summed E-state index contributed by atoms with van der Waals surface area (Å²) in [5.41, 5.74) is 1.26. The maximum absolute atomic E-state index is 11.9. The summed E-state index contributed by atoms with van der Waals surface area (Å²) >= 11 is 1.65. The number of nitrogens with one attached hydrogen (secondary N) is 1. The molecule has 2 bridgehead atoms. The molecule has 4 heterocycles.